The van der Waals surface area contributed by atoms with Crippen LogP contribution in [-0.4, -0.2) is 22.8 Å². The maximum Gasteiger partial charge on any atom is 0.260 e. The summed E-state index contributed by atoms with van der Waals surface area (Å²) >= 11 is 5.98. The molecule has 5 nitrogen and oxygen atoms in total. The predicted octanol–water partition coefficient (Wildman–Crippen LogP) is 4.23. The fourth-order valence-corrected chi connectivity index (χ4v) is 2.58. The van der Waals surface area contributed by atoms with Crippen LogP contribution >= 0.6 is 11.6 Å². The average molecular weight is 360 g/mol. The summed E-state index contributed by atoms with van der Waals surface area (Å²) in [5.74, 6) is 0.132. The van der Waals surface area contributed by atoms with Crippen molar-refractivity contribution in [1.29, 1.82) is 0 Å². The molecular weight excluding hydrogens is 345 g/mol. The van der Waals surface area contributed by atoms with E-state index in [2.05, 4.69) is 10.4 Å². The molecule has 7 heteroatoms. The molecule has 0 aliphatic rings. The summed E-state index contributed by atoms with van der Waals surface area (Å²) in [7, 11) is 1.48. The third-order valence-electron chi connectivity index (χ3n) is 3.55. The highest BCUT2D eigenvalue weighted by molar-refractivity contribution is 6.31. The number of aryl methyl sites for hydroxylation is 1. The molecule has 3 rings (SSSR count). The first kappa shape index (κ1) is 17.0. The Hall–Kier alpha value is -2.86. The van der Waals surface area contributed by atoms with E-state index in [9.17, 15) is 9.18 Å². The van der Waals surface area contributed by atoms with Crippen molar-refractivity contribution in [3.8, 4) is 11.4 Å². The van der Waals surface area contributed by atoms with Gasteiger partial charge in [0.25, 0.3) is 5.91 Å². The van der Waals surface area contributed by atoms with Gasteiger partial charge < -0.3 is 10.1 Å². The molecule has 0 saturated carbocycles. The number of nitrogens with one attached hydrogen (secondary N) is 1. The molecule has 0 aliphatic heterocycles. The van der Waals surface area contributed by atoms with Crippen LogP contribution in [0.3, 0.4) is 0 Å². The van der Waals surface area contributed by atoms with Crippen LogP contribution in [0.1, 0.15) is 16.1 Å². The van der Waals surface area contributed by atoms with Crippen molar-refractivity contribution in [1.82, 2.24) is 9.78 Å². The number of hydrogen-bond acceptors (Lipinski definition) is 3. The molecule has 0 bridgehead atoms. The van der Waals surface area contributed by atoms with Gasteiger partial charge in [0.1, 0.15) is 17.4 Å². The molecule has 0 atom stereocenters. The summed E-state index contributed by atoms with van der Waals surface area (Å²) in [6, 6.07) is 12.3. The largest absolute Gasteiger partial charge is 0.496 e. The van der Waals surface area contributed by atoms with Gasteiger partial charge in [-0.2, -0.15) is 5.10 Å². The number of carbonyl (C=O) groups excluding carboxylic acids is 1. The zero-order valence-electron chi connectivity index (χ0n) is 13.6. The van der Waals surface area contributed by atoms with Crippen LogP contribution in [0, 0.1) is 12.7 Å². The molecule has 0 aliphatic carbocycles. The molecule has 25 heavy (non-hydrogen) atoms. The fraction of sp³-hybridized carbons (Fsp3) is 0.111. The molecule has 128 valence electrons. The summed E-state index contributed by atoms with van der Waals surface area (Å²) in [6.07, 6.45) is 0. The lowest BCUT2D eigenvalue weighted by molar-refractivity contribution is 0.102. The number of nitrogens with zero attached hydrogens (tertiary/aromatic N) is 2. The number of amides is 1. The average Bonchev–Trinajstić information content (AvgIpc) is 2.95. The summed E-state index contributed by atoms with van der Waals surface area (Å²) in [4.78, 5) is 12.6. The van der Waals surface area contributed by atoms with Gasteiger partial charge >= 0.3 is 0 Å². The topological polar surface area (TPSA) is 56.1 Å². The number of halogens is 2. The van der Waals surface area contributed by atoms with Crippen molar-refractivity contribution >= 4 is 23.3 Å². The van der Waals surface area contributed by atoms with Crippen LogP contribution in [0.5, 0.6) is 5.75 Å². The number of carbonyl (C=O) groups is 1. The van der Waals surface area contributed by atoms with Gasteiger partial charge in [-0.05, 0) is 49.4 Å². The highest BCUT2D eigenvalue weighted by atomic mass is 35.5. The van der Waals surface area contributed by atoms with Gasteiger partial charge in [-0.25, -0.2) is 9.07 Å². The maximum atomic E-state index is 13.1. The normalized spacial score (nSPS) is 10.6. The summed E-state index contributed by atoms with van der Waals surface area (Å²) in [5.41, 5.74) is 1.64. The number of benzene rings is 2. The summed E-state index contributed by atoms with van der Waals surface area (Å²) < 4.78 is 19.9. The molecule has 0 fully saturated rings. The lowest BCUT2D eigenvalue weighted by Crippen LogP contribution is -2.16. The number of methoxy groups -OCH3 is 1. The van der Waals surface area contributed by atoms with Gasteiger partial charge in [0.05, 0.1) is 24.1 Å². The van der Waals surface area contributed by atoms with Crippen molar-refractivity contribution in [2.24, 2.45) is 0 Å². The van der Waals surface area contributed by atoms with Crippen molar-refractivity contribution in [2.45, 2.75) is 6.92 Å². The van der Waals surface area contributed by atoms with E-state index in [0.717, 1.165) is 0 Å². The highest BCUT2D eigenvalue weighted by Crippen LogP contribution is 2.25. The second-order valence-corrected chi connectivity index (χ2v) is 5.79. The first-order valence-corrected chi connectivity index (χ1v) is 7.83. The minimum Gasteiger partial charge on any atom is -0.496 e. The van der Waals surface area contributed by atoms with Crippen LogP contribution < -0.4 is 10.1 Å². The molecular formula is C18H15ClFN3O2. The second-order valence-electron chi connectivity index (χ2n) is 5.36. The Morgan fingerprint density at radius 1 is 1.20 bits per heavy atom. The third kappa shape index (κ3) is 3.64. The fourth-order valence-electron chi connectivity index (χ4n) is 2.41. The molecule has 0 unspecified atom stereocenters. The molecule has 1 aromatic heterocycles. The monoisotopic (exact) mass is 359 g/mol. The zero-order valence-corrected chi connectivity index (χ0v) is 14.3. The number of anilines is 1. The summed E-state index contributed by atoms with van der Waals surface area (Å²) in [6.45, 7) is 1.80. The quantitative estimate of drug-likeness (QED) is 0.758. The smallest absolute Gasteiger partial charge is 0.260 e. The van der Waals surface area contributed by atoms with Crippen LogP contribution in [0.4, 0.5) is 10.2 Å². The number of ether oxygens (including phenoxy) is 1. The SMILES string of the molecule is COc1ccc(Cl)cc1C(=O)Nc1cc(C)nn1-c1ccc(F)cc1. The molecule has 0 spiro atoms. The van der Waals surface area contributed by atoms with Gasteiger partial charge in [0.2, 0.25) is 0 Å². The maximum absolute atomic E-state index is 13.1. The molecule has 1 heterocycles. The Bertz CT molecular complexity index is 923. The molecule has 1 amide bonds. The second kappa shape index (κ2) is 6.94. The first-order valence-electron chi connectivity index (χ1n) is 7.45. The van der Waals surface area contributed by atoms with Gasteiger partial charge in [-0.15, -0.1) is 0 Å². The Balaban J connectivity index is 1.95. The predicted molar refractivity (Wildman–Crippen MR) is 94.2 cm³/mol. The molecule has 0 radical (unpaired) electrons. The van der Waals surface area contributed by atoms with E-state index in [1.807, 2.05) is 0 Å². The van der Waals surface area contributed by atoms with Crippen molar-refractivity contribution in [3.63, 3.8) is 0 Å². The Labute approximate surface area is 149 Å². The van der Waals surface area contributed by atoms with Crippen LogP contribution in [0.15, 0.2) is 48.5 Å². The van der Waals surface area contributed by atoms with E-state index >= 15 is 0 Å². The third-order valence-corrected chi connectivity index (χ3v) is 3.79. The van der Waals surface area contributed by atoms with E-state index in [1.54, 1.807) is 37.3 Å². The number of hydrogen-bond donors (Lipinski definition) is 1. The minimum atomic E-state index is -0.386. The standard InChI is InChI=1S/C18H15ClFN3O2/c1-11-9-17(23(22-11)14-6-4-13(20)5-7-14)21-18(24)15-10-12(19)3-8-16(15)25-2/h3-10H,1-2H3,(H,21,24). The van der Waals surface area contributed by atoms with E-state index in [4.69, 9.17) is 16.3 Å². The van der Waals surface area contributed by atoms with Crippen LogP contribution in [-0.2, 0) is 0 Å². The van der Waals surface area contributed by atoms with Gasteiger partial charge in [0, 0.05) is 11.1 Å². The Morgan fingerprint density at radius 3 is 2.60 bits per heavy atom. The van der Waals surface area contributed by atoms with E-state index < -0.39 is 0 Å². The lowest BCUT2D eigenvalue weighted by atomic mass is 10.2. The molecule has 3 aromatic rings. The van der Waals surface area contributed by atoms with Gasteiger partial charge in [0.15, 0.2) is 0 Å². The minimum absolute atomic E-state index is 0.305. The Morgan fingerprint density at radius 2 is 1.92 bits per heavy atom. The number of aromatic nitrogens is 2. The van der Waals surface area contributed by atoms with Crippen LogP contribution in [0.25, 0.3) is 5.69 Å². The first-order chi connectivity index (χ1) is 12.0. The van der Waals surface area contributed by atoms with E-state index in [-0.39, 0.29) is 11.7 Å². The van der Waals surface area contributed by atoms with Crippen LogP contribution in [0.2, 0.25) is 5.02 Å². The van der Waals surface area contributed by atoms with Crippen molar-refractivity contribution < 1.29 is 13.9 Å². The Kier molecular flexibility index (Phi) is 4.72. The van der Waals surface area contributed by atoms with E-state index in [0.29, 0.717) is 33.5 Å². The molecule has 1 N–H and O–H groups in total. The summed E-state index contributed by atoms with van der Waals surface area (Å²) in [5, 5.41) is 7.56. The number of rotatable bonds is 4. The molecule has 0 saturated heterocycles. The van der Waals surface area contributed by atoms with Gasteiger partial charge in [-0.3, -0.25) is 4.79 Å². The van der Waals surface area contributed by atoms with Gasteiger partial charge in [-0.1, -0.05) is 11.6 Å². The zero-order chi connectivity index (χ0) is 18.0. The lowest BCUT2D eigenvalue weighted by Gasteiger charge is -2.11. The molecule has 2 aromatic carbocycles. The van der Waals surface area contributed by atoms with Crippen molar-refractivity contribution in [2.75, 3.05) is 12.4 Å². The van der Waals surface area contributed by atoms with E-state index in [1.165, 1.54) is 30.0 Å². The highest BCUT2D eigenvalue weighted by Gasteiger charge is 2.16. The van der Waals surface area contributed by atoms with Crippen molar-refractivity contribution in [3.05, 3.63) is 70.6 Å².